The Morgan fingerprint density at radius 2 is 1.83 bits per heavy atom. The molecule has 0 aromatic carbocycles. The monoisotopic (exact) mass is 255 g/mol. The van der Waals surface area contributed by atoms with Crippen LogP contribution in [0.3, 0.4) is 0 Å². The number of nitrogens with one attached hydrogen (secondary N) is 1. The molecule has 0 amide bonds. The summed E-state index contributed by atoms with van der Waals surface area (Å²) in [5.41, 5.74) is 0.322. The molecule has 1 saturated carbocycles. The van der Waals surface area contributed by atoms with E-state index in [1.54, 1.807) is 0 Å². The Hall–Kier alpha value is -0.0800. The Kier molecular flexibility index (Phi) is 7.25. The fraction of sp³-hybridized carbons (Fsp3) is 1.00. The van der Waals surface area contributed by atoms with E-state index < -0.39 is 0 Å². The molecule has 1 aliphatic carbocycles. The summed E-state index contributed by atoms with van der Waals surface area (Å²) in [5.74, 6) is 0.996. The lowest BCUT2D eigenvalue weighted by Crippen LogP contribution is -2.39. The van der Waals surface area contributed by atoms with E-state index in [1.807, 2.05) is 0 Å². The van der Waals surface area contributed by atoms with E-state index in [0.717, 1.165) is 31.3 Å². The molecule has 18 heavy (non-hydrogen) atoms. The minimum Gasteiger partial charge on any atom is -0.396 e. The summed E-state index contributed by atoms with van der Waals surface area (Å²) in [4.78, 5) is 0. The van der Waals surface area contributed by atoms with Gasteiger partial charge in [-0.25, -0.2) is 0 Å². The highest BCUT2D eigenvalue weighted by molar-refractivity contribution is 4.80. The minimum atomic E-state index is 0.322. The van der Waals surface area contributed by atoms with E-state index in [1.165, 1.54) is 38.5 Å². The average Bonchev–Trinajstić information content (AvgIpc) is 2.36. The van der Waals surface area contributed by atoms with E-state index in [9.17, 15) is 0 Å². The fourth-order valence-corrected chi connectivity index (χ4v) is 3.13. The van der Waals surface area contributed by atoms with Crippen molar-refractivity contribution in [2.75, 3.05) is 13.2 Å². The van der Waals surface area contributed by atoms with Crippen LogP contribution in [0.15, 0.2) is 0 Å². The summed E-state index contributed by atoms with van der Waals surface area (Å²) >= 11 is 0. The van der Waals surface area contributed by atoms with E-state index >= 15 is 0 Å². The first-order valence-corrected chi connectivity index (χ1v) is 7.91. The molecule has 108 valence electrons. The zero-order chi connectivity index (χ0) is 13.4. The third kappa shape index (κ3) is 6.19. The molecule has 0 aliphatic heterocycles. The van der Waals surface area contributed by atoms with Gasteiger partial charge in [-0.05, 0) is 49.9 Å². The van der Waals surface area contributed by atoms with Crippen LogP contribution in [0.2, 0.25) is 0 Å². The fourth-order valence-electron chi connectivity index (χ4n) is 3.13. The molecule has 1 aliphatic rings. The molecule has 0 unspecified atom stereocenters. The van der Waals surface area contributed by atoms with Gasteiger partial charge in [-0.15, -0.1) is 0 Å². The Bertz CT molecular complexity index is 207. The van der Waals surface area contributed by atoms with Gasteiger partial charge in [0.1, 0.15) is 0 Å². The van der Waals surface area contributed by atoms with Crippen molar-refractivity contribution in [2.24, 2.45) is 11.3 Å². The second-order valence-corrected chi connectivity index (χ2v) is 6.88. The smallest absolute Gasteiger partial charge is 0.0431 e. The molecule has 0 bridgehead atoms. The number of hydrogen-bond donors (Lipinski definition) is 2. The van der Waals surface area contributed by atoms with Gasteiger partial charge in [0, 0.05) is 19.2 Å². The van der Waals surface area contributed by atoms with Crippen LogP contribution in [0, 0.1) is 11.3 Å². The molecule has 0 aromatic heterocycles. The van der Waals surface area contributed by atoms with Gasteiger partial charge >= 0.3 is 0 Å². The van der Waals surface area contributed by atoms with Gasteiger partial charge in [0.25, 0.3) is 0 Å². The first kappa shape index (κ1) is 16.0. The lowest BCUT2D eigenvalue weighted by molar-refractivity contribution is 0.215. The maximum Gasteiger partial charge on any atom is 0.0431 e. The standard InChI is InChI=1S/C16H33NO/c1-4-6-14-7-9-15(10-8-14)17-13-16(2,3)11-5-12-18/h14-15,17-18H,4-13H2,1-3H3. The Balaban J connectivity index is 2.17. The summed E-state index contributed by atoms with van der Waals surface area (Å²) in [6.07, 6.45) is 10.4. The topological polar surface area (TPSA) is 32.3 Å². The van der Waals surface area contributed by atoms with E-state index in [0.29, 0.717) is 12.0 Å². The van der Waals surface area contributed by atoms with E-state index in [2.05, 4.69) is 26.1 Å². The first-order valence-electron chi connectivity index (χ1n) is 7.91. The van der Waals surface area contributed by atoms with Crippen LogP contribution in [-0.2, 0) is 0 Å². The van der Waals surface area contributed by atoms with Gasteiger partial charge in [0.15, 0.2) is 0 Å². The maximum absolute atomic E-state index is 8.91. The Morgan fingerprint density at radius 1 is 1.17 bits per heavy atom. The zero-order valence-electron chi connectivity index (χ0n) is 12.7. The van der Waals surface area contributed by atoms with Crippen molar-refractivity contribution in [1.29, 1.82) is 0 Å². The van der Waals surface area contributed by atoms with Crippen LogP contribution in [0.5, 0.6) is 0 Å². The number of aliphatic hydroxyl groups is 1. The maximum atomic E-state index is 8.91. The summed E-state index contributed by atoms with van der Waals surface area (Å²) in [6.45, 7) is 8.33. The normalized spacial score (nSPS) is 25.3. The largest absolute Gasteiger partial charge is 0.396 e. The van der Waals surface area contributed by atoms with Gasteiger partial charge < -0.3 is 10.4 Å². The summed E-state index contributed by atoms with van der Waals surface area (Å²) in [5, 5.41) is 12.7. The molecule has 0 aromatic rings. The van der Waals surface area contributed by atoms with Crippen molar-refractivity contribution in [3.8, 4) is 0 Å². The second-order valence-electron chi connectivity index (χ2n) is 6.88. The van der Waals surface area contributed by atoms with Crippen LogP contribution >= 0.6 is 0 Å². The Morgan fingerprint density at radius 3 is 2.39 bits per heavy atom. The number of aliphatic hydroxyl groups excluding tert-OH is 1. The molecule has 0 spiro atoms. The van der Waals surface area contributed by atoms with Crippen molar-refractivity contribution in [3.63, 3.8) is 0 Å². The number of hydrogen-bond acceptors (Lipinski definition) is 2. The lowest BCUT2D eigenvalue weighted by Gasteiger charge is -2.32. The highest BCUT2D eigenvalue weighted by atomic mass is 16.2. The van der Waals surface area contributed by atoms with Gasteiger partial charge in [0.2, 0.25) is 0 Å². The molecule has 0 atom stereocenters. The van der Waals surface area contributed by atoms with Crippen LogP contribution in [0.4, 0.5) is 0 Å². The molecule has 0 radical (unpaired) electrons. The van der Waals surface area contributed by atoms with Gasteiger partial charge in [-0.2, -0.15) is 0 Å². The number of rotatable bonds is 8. The quantitative estimate of drug-likeness (QED) is 0.692. The molecule has 1 rings (SSSR count). The third-order valence-electron chi connectivity index (χ3n) is 4.42. The summed E-state index contributed by atoms with van der Waals surface area (Å²) in [7, 11) is 0. The minimum absolute atomic E-state index is 0.322. The molecule has 0 heterocycles. The second kappa shape index (κ2) is 8.16. The van der Waals surface area contributed by atoms with Crippen LogP contribution in [-0.4, -0.2) is 24.3 Å². The SMILES string of the molecule is CCCC1CCC(NCC(C)(C)CCCO)CC1. The molecular weight excluding hydrogens is 222 g/mol. The van der Waals surface area contributed by atoms with Gasteiger partial charge in [-0.3, -0.25) is 0 Å². The zero-order valence-corrected chi connectivity index (χ0v) is 12.7. The summed E-state index contributed by atoms with van der Waals surface area (Å²) < 4.78 is 0. The van der Waals surface area contributed by atoms with Crippen molar-refractivity contribution in [1.82, 2.24) is 5.32 Å². The molecule has 2 heteroatoms. The summed E-state index contributed by atoms with van der Waals surface area (Å²) in [6, 6.07) is 0.742. The Labute approximate surface area is 114 Å². The van der Waals surface area contributed by atoms with Gasteiger partial charge in [0.05, 0.1) is 0 Å². The van der Waals surface area contributed by atoms with Crippen molar-refractivity contribution in [3.05, 3.63) is 0 Å². The first-order chi connectivity index (χ1) is 8.57. The van der Waals surface area contributed by atoms with Crippen LogP contribution < -0.4 is 5.32 Å². The molecule has 2 nitrogen and oxygen atoms in total. The van der Waals surface area contributed by atoms with Crippen molar-refractivity contribution < 1.29 is 5.11 Å². The van der Waals surface area contributed by atoms with E-state index in [-0.39, 0.29) is 0 Å². The highest BCUT2D eigenvalue weighted by Gasteiger charge is 2.23. The van der Waals surface area contributed by atoms with Crippen LogP contribution in [0.1, 0.15) is 72.1 Å². The molecular formula is C16H33NO. The van der Waals surface area contributed by atoms with Crippen LogP contribution in [0.25, 0.3) is 0 Å². The predicted octanol–water partition coefficient (Wildman–Crippen LogP) is 3.73. The third-order valence-corrected chi connectivity index (χ3v) is 4.42. The average molecular weight is 255 g/mol. The molecule has 2 N–H and O–H groups in total. The van der Waals surface area contributed by atoms with E-state index in [4.69, 9.17) is 5.11 Å². The molecule has 0 saturated heterocycles. The van der Waals surface area contributed by atoms with Gasteiger partial charge in [-0.1, -0.05) is 33.6 Å². The predicted molar refractivity (Wildman–Crippen MR) is 78.8 cm³/mol. The lowest BCUT2D eigenvalue weighted by atomic mass is 9.82. The molecule has 1 fully saturated rings. The van der Waals surface area contributed by atoms with Crippen molar-refractivity contribution >= 4 is 0 Å². The van der Waals surface area contributed by atoms with Crippen molar-refractivity contribution in [2.45, 2.75) is 78.2 Å². The highest BCUT2D eigenvalue weighted by Crippen LogP contribution is 2.28.